The van der Waals surface area contributed by atoms with E-state index >= 15 is 0 Å². The molecule has 2 N–H and O–H groups in total. The number of hydrogen-bond acceptors (Lipinski definition) is 7. The molecule has 0 fully saturated rings. The number of amides is 2. The number of hydrogen-bond donors (Lipinski definition) is 2. The molecule has 2 amide bonds. The normalized spacial score (nSPS) is 11.9. The van der Waals surface area contributed by atoms with Crippen LogP contribution in [-0.2, 0) is 30.6 Å². The molecule has 1 aromatic heterocycles. The maximum atomic E-state index is 12.7. The first kappa shape index (κ1) is 23.7. The lowest BCUT2D eigenvalue weighted by Crippen LogP contribution is -2.44. The van der Waals surface area contributed by atoms with Gasteiger partial charge in [-0.1, -0.05) is 30.3 Å². The summed E-state index contributed by atoms with van der Waals surface area (Å²) in [5, 5.41) is 5.08. The largest absolute Gasteiger partial charge is 0.459 e. The van der Waals surface area contributed by atoms with Crippen LogP contribution >= 0.6 is 0 Å². The summed E-state index contributed by atoms with van der Waals surface area (Å²) >= 11 is 0. The summed E-state index contributed by atoms with van der Waals surface area (Å²) < 4.78 is 33.2. The highest BCUT2D eigenvalue weighted by Gasteiger charge is 2.25. The van der Waals surface area contributed by atoms with E-state index in [0.29, 0.717) is 5.69 Å². The minimum absolute atomic E-state index is 0.0381. The van der Waals surface area contributed by atoms with Crippen LogP contribution in [0, 0.1) is 0 Å². The van der Waals surface area contributed by atoms with E-state index in [0.717, 1.165) is 11.8 Å². The van der Waals surface area contributed by atoms with Crippen LogP contribution in [-0.4, -0.2) is 45.1 Å². The minimum Gasteiger partial charge on any atom is -0.459 e. The molecule has 0 saturated heterocycles. The summed E-state index contributed by atoms with van der Waals surface area (Å²) in [5.74, 6) is -1.96. The first-order chi connectivity index (χ1) is 15.7. The zero-order valence-electron chi connectivity index (χ0n) is 17.7. The molecule has 172 valence electrons. The molecular formula is C23H22N2O7S. The van der Waals surface area contributed by atoms with Crippen molar-refractivity contribution in [2.45, 2.75) is 17.4 Å². The molecule has 1 atom stereocenters. The Morgan fingerprint density at radius 2 is 1.67 bits per heavy atom. The number of anilines is 1. The van der Waals surface area contributed by atoms with Gasteiger partial charge in [-0.2, -0.15) is 0 Å². The number of carbonyl (C=O) groups excluding carboxylic acids is 3. The van der Waals surface area contributed by atoms with Gasteiger partial charge in [-0.3, -0.25) is 9.59 Å². The summed E-state index contributed by atoms with van der Waals surface area (Å²) in [6.45, 7) is -0.589. The zero-order chi connectivity index (χ0) is 23.8. The molecular weight excluding hydrogens is 448 g/mol. The summed E-state index contributed by atoms with van der Waals surface area (Å²) in [7, 11) is -3.35. The lowest BCUT2D eigenvalue weighted by molar-refractivity contribution is -0.149. The van der Waals surface area contributed by atoms with Crippen molar-refractivity contribution in [2.75, 3.05) is 18.2 Å². The minimum atomic E-state index is -3.35. The Labute approximate surface area is 190 Å². The Bertz CT molecular complexity index is 1210. The highest BCUT2D eigenvalue weighted by atomic mass is 32.2. The molecule has 33 heavy (non-hydrogen) atoms. The fraction of sp³-hybridized carbons (Fsp3) is 0.174. The molecule has 1 heterocycles. The van der Waals surface area contributed by atoms with Crippen LogP contribution in [0.5, 0.6) is 0 Å². The van der Waals surface area contributed by atoms with Crippen LogP contribution in [0.4, 0.5) is 5.69 Å². The SMILES string of the molecule is CS(=O)(=O)c1ccc(NC(=O)COC(=O)[C@H](Cc2ccccc2)NC(=O)c2ccco2)cc1. The molecule has 3 aromatic rings. The average molecular weight is 471 g/mol. The van der Waals surface area contributed by atoms with Crippen LogP contribution in [0.15, 0.2) is 82.3 Å². The van der Waals surface area contributed by atoms with E-state index in [-0.39, 0.29) is 17.1 Å². The first-order valence-electron chi connectivity index (χ1n) is 9.87. The van der Waals surface area contributed by atoms with Crippen molar-refractivity contribution in [3.63, 3.8) is 0 Å². The van der Waals surface area contributed by atoms with Crippen molar-refractivity contribution in [3.05, 3.63) is 84.3 Å². The maximum Gasteiger partial charge on any atom is 0.329 e. The number of ether oxygens (including phenoxy) is 1. The van der Waals surface area contributed by atoms with Crippen molar-refractivity contribution in [1.82, 2.24) is 5.32 Å². The van der Waals surface area contributed by atoms with Crippen molar-refractivity contribution < 1.29 is 32.0 Å². The van der Waals surface area contributed by atoms with Gasteiger partial charge in [0.05, 0.1) is 11.2 Å². The van der Waals surface area contributed by atoms with E-state index in [1.54, 1.807) is 30.3 Å². The van der Waals surface area contributed by atoms with E-state index in [1.165, 1.54) is 36.6 Å². The van der Waals surface area contributed by atoms with Crippen molar-refractivity contribution in [1.29, 1.82) is 0 Å². The molecule has 2 aromatic carbocycles. The summed E-state index contributed by atoms with van der Waals surface area (Å²) in [5.41, 5.74) is 1.13. The third kappa shape index (κ3) is 7.04. The lowest BCUT2D eigenvalue weighted by Gasteiger charge is -2.17. The summed E-state index contributed by atoms with van der Waals surface area (Å²) in [6, 6.07) is 16.6. The predicted molar refractivity (Wildman–Crippen MR) is 119 cm³/mol. The molecule has 0 aliphatic rings. The van der Waals surface area contributed by atoms with E-state index in [1.807, 2.05) is 6.07 Å². The summed E-state index contributed by atoms with van der Waals surface area (Å²) in [4.78, 5) is 37.3. The highest BCUT2D eigenvalue weighted by Crippen LogP contribution is 2.14. The van der Waals surface area contributed by atoms with Crippen LogP contribution in [0.2, 0.25) is 0 Å². The van der Waals surface area contributed by atoms with Gasteiger partial charge in [0, 0.05) is 18.4 Å². The number of furan rings is 1. The number of benzene rings is 2. The molecule has 0 spiro atoms. The van der Waals surface area contributed by atoms with E-state index in [4.69, 9.17) is 9.15 Å². The van der Waals surface area contributed by atoms with E-state index in [9.17, 15) is 22.8 Å². The first-order valence-corrected chi connectivity index (χ1v) is 11.8. The van der Waals surface area contributed by atoms with E-state index < -0.39 is 40.3 Å². The zero-order valence-corrected chi connectivity index (χ0v) is 18.5. The number of nitrogens with one attached hydrogen (secondary N) is 2. The van der Waals surface area contributed by atoms with Gasteiger partial charge in [0.15, 0.2) is 22.2 Å². The maximum absolute atomic E-state index is 12.7. The molecule has 0 aliphatic carbocycles. The monoisotopic (exact) mass is 470 g/mol. The number of rotatable bonds is 9. The summed E-state index contributed by atoms with van der Waals surface area (Å²) in [6.07, 6.45) is 2.57. The Kier molecular flexibility index (Phi) is 7.62. The number of carbonyl (C=O) groups is 3. The van der Waals surface area contributed by atoms with Crippen LogP contribution in [0.25, 0.3) is 0 Å². The molecule has 0 radical (unpaired) electrons. The lowest BCUT2D eigenvalue weighted by atomic mass is 10.1. The fourth-order valence-corrected chi connectivity index (χ4v) is 3.53. The second-order valence-electron chi connectivity index (χ2n) is 7.15. The molecule has 0 aliphatic heterocycles. The van der Waals surface area contributed by atoms with Crippen molar-refractivity contribution >= 4 is 33.3 Å². The molecule has 3 rings (SSSR count). The Morgan fingerprint density at radius 3 is 2.27 bits per heavy atom. The van der Waals surface area contributed by atoms with Gasteiger partial charge in [-0.05, 0) is 42.0 Å². The van der Waals surface area contributed by atoms with Crippen molar-refractivity contribution in [2.24, 2.45) is 0 Å². The fourth-order valence-electron chi connectivity index (χ4n) is 2.90. The molecule has 10 heteroatoms. The Morgan fingerprint density at radius 1 is 0.970 bits per heavy atom. The smallest absolute Gasteiger partial charge is 0.329 e. The topological polar surface area (TPSA) is 132 Å². The van der Waals surface area contributed by atoms with Gasteiger partial charge >= 0.3 is 5.97 Å². The van der Waals surface area contributed by atoms with Crippen molar-refractivity contribution in [3.8, 4) is 0 Å². The molecule has 0 saturated carbocycles. The second-order valence-corrected chi connectivity index (χ2v) is 9.16. The van der Waals surface area contributed by atoms with Gasteiger partial charge in [0.2, 0.25) is 0 Å². The third-order valence-corrected chi connectivity index (χ3v) is 5.66. The highest BCUT2D eigenvalue weighted by molar-refractivity contribution is 7.90. The Balaban J connectivity index is 1.60. The average Bonchev–Trinajstić information content (AvgIpc) is 3.33. The van der Waals surface area contributed by atoms with Gasteiger partial charge in [-0.25, -0.2) is 13.2 Å². The molecule has 0 unspecified atom stereocenters. The van der Waals surface area contributed by atoms with E-state index in [2.05, 4.69) is 10.6 Å². The molecule has 9 nitrogen and oxygen atoms in total. The second kappa shape index (κ2) is 10.6. The van der Waals surface area contributed by atoms with Gasteiger partial charge in [-0.15, -0.1) is 0 Å². The van der Waals surface area contributed by atoms with Crippen LogP contribution in [0.3, 0.4) is 0 Å². The number of sulfone groups is 1. The van der Waals surface area contributed by atoms with Gasteiger partial charge in [0.1, 0.15) is 6.04 Å². The number of esters is 1. The predicted octanol–water partition coefficient (Wildman–Crippen LogP) is 2.21. The Hall–Kier alpha value is -3.92. The molecule has 0 bridgehead atoms. The third-order valence-electron chi connectivity index (χ3n) is 4.53. The quantitative estimate of drug-likeness (QED) is 0.458. The van der Waals surface area contributed by atoms with Gasteiger partial charge < -0.3 is 19.8 Å². The van der Waals surface area contributed by atoms with Crippen LogP contribution < -0.4 is 10.6 Å². The van der Waals surface area contributed by atoms with Crippen LogP contribution in [0.1, 0.15) is 16.1 Å². The van der Waals surface area contributed by atoms with Gasteiger partial charge in [0.25, 0.3) is 11.8 Å². The standard InChI is InChI=1S/C23H22N2O7S/c1-33(29,30)18-11-9-17(10-12-18)24-21(26)15-32-23(28)19(14-16-6-3-2-4-7-16)25-22(27)20-8-5-13-31-20/h2-13,19H,14-15H2,1H3,(H,24,26)(H,25,27)/t19-/m0/s1.